The highest BCUT2D eigenvalue weighted by Crippen LogP contribution is 2.26. The van der Waals surface area contributed by atoms with Gasteiger partial charge >= 0.3 is 0 Å². The van der Waals surface area contributed by atoms with E-state index < -0.39 is 152 Å². The first-order chi connectivity index (χ1) is 30.9. The van der Waals surface area contributed by atoms with Crippen LogP contribution in [-0.2, 0) is 43.6 Å². The number of aliphatic hydroxyl groups is 6. The van der Waals surface area contributed by atoms with Crippen molar-refractivity contribution in [2.45, 2.75) is 133 Å². The van der Waals surface area contributed by atoms with Crippen molar-refractivity contribution in [3.63, 3.8) is 0 Å². The molecule has 0 aliphatic carbocycles. The zero-order valence-corrected chi connectivity index (χ0v) is 43.4. The number of quaternary nitrogens is 1. The van der Waals surface area contributed by atoms with E-state index in [4.69, 9.17) is 13.3 Å². The van der Waals surface area contributed by atoms with Gasteiger partial charge in [-0.15, -0.1) is 0 Å². The van der Waals surface area contributed by atoms with Crippen molar-refractivity contribution in [1.82, 2.24) is 16.0 Å². The molecule has 399 valence electrons. The lowest BCUT2D eigenvalue weighted by Crippen LogP contribution is -2.64. The normalized spacial score (nSPS) is 13.8. The fourth-order valence-electron chi connectivity index (χ4n) is 7.25. The Kier molecular flexibility index (Phi) is 33.6. The van der Waals surface area contributed by atoms with Gasteiger partial charge < -0.3 is 64.4 Å². The van der Waals surface area contributed by atoms with Crippen LogP contribution in [0.15, 0.2) is 0 Å². The molecule has 0 aliphatic rings. The topological polar surface area (TPSA) is 348 Å². The summed E-state index contributed by atoms with van der Waals surface area (Å²) in [6, 6.07) is -0.0389. The summed E-state index contributed by atoms with van der Waals surface area (Å²) in [5.74, 6) is -2.39. The first-order valence-corrected chi connectivity index (χ1v) is 30.2. The third kappa shape index (κ3) is 30.2. The molecule has 12 N–H and O–H groups in total. The smallest absolute Gasteiger partial charge is 0.281 e. The Balaban J connectivity index is 7.24. The van der Waals surface area contributed by atoms with Crippen LogP contribution in [0.3, 0.4) is 0 Å². The largest absolute Gasteiger partial charge is 0.523 e. The molecule has 0 aromatic rings. The van der Waals surface area contributed by atoms with Crippen LogP contribution >= 0.6 is 0 Å². The maximum Gasteiger partial charge on any atom is 0.281 e. The first-order valence-electron chi connectivity index (χ1n) is 23.4. The molecule has 0 amide bonds. The minimum Gasteiger partial charge on any atom is -0.523 e. The molecule has 0 rings (SSSR count). The van der Waals surface area contributed by atoms with Crippen LogP contribution in [0.4, 0.5) is 0 Å². The van der Waals surface area contributed by atoms with Crippen LogP contribution in [0.2, 0.25) is 6.04 Å². The molecule has 0 aromatic heterocycles. The van der Waals surface area contributed by atoms with E-state index in [2.05, 4.69) is 36.8 Å². The predicted molar refractivity (Wildman–Crippen MR) is 254 cm³/mol. The van der Waals surface area contributed by atoms with Crippen molar-refractivity contribution in [3.05, 3.63) is 0 Å². The lowest BCUT2D eigenvalue weighted by molar-refractivity contribution is -0.910. The van der Waals surface area contributed by atoms with E-state index in [0.29, 0.717) is 17.4 Å². The van der Waals surface area contributed by atoms with Gasteiger partial charge in [-0.2, -0.15) is 25.3 Å². The first kappa shape index (κ1) is 65.4. The van der Waals surface area contributed by atoms with Crippen molar-refractivity contribution in [3.8, 4) is 0 Å². The second-order valence-electron chi connectivity index (χ2n) is 18.1. The SMILES string of the molecule is CCCCCCCCC[N+](C)(CCCCCCCCC)CCC[Si-](OCC(CO)(CO)NCCS(=O)(=O)O)(OCC(CO)(CO)NCCS(=O)(=O)O)OCC(CO)(CO)NCCS(=O)(=O)O. The summed E-state index contributed by atoms with van der Waals surface area (Å²) >= 11 is 0. The van der Waals surface area contributed by atoms with E-state index >= 15 is 0 Å². The molecule has 66 heavy (non-hydrogen) atoms. The van der Waals surface area contributed by atoms with Gasteiger partial charge in [-0.25, -0.2) is 0 Å². The number of aliphatic hydroxyl groups excluding tert-OH is 6. The highest BCUT2D eigenvalue weighted by atomic mass is 32.2. The summed E-state index contributed by atoms with van der Waals surface area (Å²) in [5.41, 5.74) is -5.36. The lowest BCUT2D eigenvalue weighted by Gasteiger charge is -2.50. The minimum atomic E-state index is -4.48. The van der Waals surface area contributed by atoms with E-state index in [1.54, 1.807) is 0 Å². The summed E-state index contributed by atoms with van der Waals surface area (Å²) in [7, 11) is -15.7. The number of hydrogen-bond donors (Lipinski definition) is 12. The molecule has 0 atom stereocenters. The van der Waals surface area contributed by atoms with Gasteiger partial charge in [0.05, 0.1) is 100 Å². The summed E-state index contributed by atoms with van der Waals surface area (Å²) in [6.07, 6.45) is 16.0. The Morgan fingerprint density at radius 3 is 0.955 bits per heavy atom. The number of rotatable bonds is 47. The Hall–Kier alpha value is -0.573. The molecule has 0 heterocycles. The second-order valence-corrected chi connectivity index (χ2v) is 25.6. The number of hydrogen-bond acceptors (Lipinski definition) is 18. The third-order valence-corrected chi connectivity index (χ3v) is 16.8. The molecule has 0 bridgehead atoms. The van der Waals surface area contributed by atoms with Crippen molar-refractivity contribution in [2.24, 2.45) is 0 Å². The lowest BCUT2D eigenvalue weighted by atomic mass is 10.0. The van der Waals surface area contributed by atoms with Gasteiger partial charge in [-0.3, -0.25) is 13.7 Å². The molecular weight excluding hydrogens is 949 g/mol. The fraction of sp³-hybridized carbons (Fsp3) is 1.00. The van der Waals surface area contributed by atoms with Crippen molar-refractivity contribution in [1.29, 1.82) is 0 Å². The molecule has 0 saturated carbocycles. The van der Waals surface area contributed by atoms with E-state index in [1.165, 1.54) is 25.7 Å². The molecule has 0 fully saturated rings. The van der Waals surface area contributed by atoms with Gasteiger partial charge in [0.15, 0.2) is 0 Å². The van der Waals surface area contributed by atoms with Crippen LogP contribution in [0, 0.1) is 0 Å². The molecule has 0 aromatic carbocycles. The van der Waals surface area contributed by atoms with Crippen LogP contribution < -0.4 is 16.0 Å². The molecule has 22 nitrogen and oxygen atoms in total. The van der Waals surface area contributed by atoms with Gasteiger partial charge in [0, 0.05) is 39.5 Å². The van der Waals surface area contributed by atoms with Crippen molar-refractivity contribution < 1.29 is 87.3 Å². The van der Waals surface area contributed by atoms with Crippen LogP contribution in [0.1, 0.15) is 110 Å². The molecule has 0 aliphatic heterocycles. The van der Waals surface area contributed by atoms with Gasteiger partial charge in [0.2, 0.25) is 0 Å². The van der Waals surface area contributed by atoms with E-state index in [0.717, 1.165) is 77.3 Å². The van der Waals surface area contributed by atoms with Gasteiger partial charge in [0.25, 0.3) is 39.2 Å². The number of nitrogens with zero attached hydrogens (tertiary/aromatic N) is 1. The molecule has 0 radical (unpaired) electrons. The summed E-state index contributed by atoms with van der Waals surface area (Å²) in [6.45, 7) is -1.64. The van der Waals surface area contributed by atoms with Gasteiger partial charge in [-0.1, -0.05) is 84.1 Å². The summed E-state index contributed by atoms with van der Waals surface area (Å²) in [4.78, 5) is 0. The van der Waals surface area contributed by atoms with Crippen LogP contribution in [0.25, 0.3) is 0 Å². The molecular formula is C40H89N4O18S3Si. The highest BCUT2D eigenvalue weighted by Gasteiger charge is 2.40. The Morgan fingerprint density at radius 2 is 0.697 bits per heavy atom. The number of nitrogens with one attached hydrogen (secondary N) is 3. The Labute approximate surface area is 396 Å². The molecule has 0 unspecified atom stereocenters. The maximum absolute atomic E-state index is 11.6. The van der Waals surface area contributed by atoms with E-state index in [9.17, 15) is 69.6 Å². The van der Waals surface area contributed by atoms with Gasteiger partial charge in [0.1, 0.15) is 0 Å². The second kappa shape index (κ2) is 33.9. The third-order valence-electron chi connectivity index (χ3n) is 11.9. The van der Waals surface area contributed by atoms with E-state index in [1.807, 2.05) is 0 Å². The zero-order valence-electron chi connectivity index (χ0n) is 39.9. The van der Waals surface area contributed by atoms with E-state index in [-0.39, 0.29) is 6.04 Å². The standard InChI is InChI=1S/C40H88N4O18S3Si/c1-4-6-8-10-12-14-16-22-44(3,23-17-15-13-11-9-7-5-2)24-18-28-66(60-35-38(29-45,30-46)41-19-25-63(51,52)53,61-36-39(31-47,32-48)42-20-26-64(54,55)56)62-37-40(33-49,34-50)43-21-27-65(57,58)59/h41-43,45-50H,4-37H2,1-3H3,(H2-,51,52,53,54,55,56,57,58,59)/q-1/p+1. The number of unbranched alkanes of at least 4 members (excludes halogenated alkanes) is 12. The predicted octanol–water partition coefficient (Wildman–Crippen LogP) is -0.0846. The van der Waals surface area contributed by atoms with Crippen molar-refractivity contribution >= 4 is 39.2 Å². The highest BCUT2D eigenvalue weighted by molar-refractivity contribution is 7.86. The van der Waals surface area contributed by atoms with Crippen LogP contribution in [0.5, 0.6) is 0 Å². The average Bonchev–Trinajstić information content (AvgIpc) is 3.25. The quantitative estimate of drug-likeness (QED) is 0.0164. The summed E-state index contributed by atoms with van der Waals surface area (Å²) in [5, 5.41) is 71.3. The molecule has 0 saturated heterocycles. The molecule has 0 spiro atoms. The fourth-order valence-corrected chi connectivity index (χ4v) is 11.1. The van der Waals surface area contributed by atoms with Crippen molar-refractivity contribution in [2.75, 3.05) is 123 Å². The maximum atomic E-state index is 11.6. The minimum absolute atomic E-state index is 0.0389. The monoisotopic (exact) mass is 1040 g/mol. The summed E-state index contributed by atoms with van der Waals surface area (Å²) < 4.78 is 118. The Morgan fingerprint density at radius 1 is 0.439 bits per heavy atom. The van der Waals surface area contributed by atoms with Gasteiger partial charge in [-0.05, 0) is 32.1 Å². The molecule has 26 heteroatoms. The zero-order chi connectivity index (χ0) is 50.3. The average molecular weight is 1040 g/mol. The van der Waals surface area contributed by atoms with Crippen LogP contribution in [-0.4, -0.2) is 222 Å². The Bertz CT molecular complexity index is 1410.